The molecule has 2 N–H and O–H groups in total. The largest absolute Gasteiger partial charge is 0.497 e. The third kappa shape index (κ3) is 4.71. The molecule has 0 saturated carbocycles. The quantitative estimate of drug-likeness (QED) is 0.271. The molecule has 0 spiro atoms. The summed E-state index contributed by atoms with van der Waals surface area (Å²) in [7, 11) is 3.28. The van der Waals surface area contributed by atoms with E-state index in [9.17, 15) is 4.79 Å². The molecule has 6 rings (SSSR count). The molecule has 1 aliphatic heterocycles. The van der Waals surface area contributed by atoms with Crippen molar-refractivity contribution in [1.82, 2.24) is 9.88 Å². The van der Waals surface area contributed by atoms with Gasteiger partial charge in [-0.2, -0.15) is 0 Å². The number of rotatable bonds is 6. The molecule has 3 aromatic carbocycles. The van der Waals surface area contributed by atoms with Gasteiger partial charge in [-0.05, 0) is 36.4 Å². The molecule has 1 saturated heterocycles. The van der Waals surface area contributed by atoms with Crippen molar-refractivity contribution in [1.29, 1.82) is 0 Å². The zero-order valence-electron chi connectivity index (χ0n) is 22.5. The second kappa shape index (κ2) is 10.9. The lowest BCUT2D eigenvalue weighted by molar-refractivity contribution is 0.0752. The molecule has 202 valence electrons. The Labute approximate surface area is 237 Å². The normalized spacial score (nSPS) is 13.4. The summed E-state index contributed by atoms with van der Waals surface area (Å²) in [6, 6.07) is 28.0. The summed E-state index contributed by atoms with van der Waals surface area (Å²) in [5, 5.41) is 0.752. The van der Waals surface area contributed by atoms with Gasteiger partial charge in [-0.1, -0.05) is 48.5 Å². The number of hydrogen-bond acceptors (Lipinski definition) is 7. The minimum absolute atomic E-state index is 0.0574. The maximum atomic E-state index is 13.8. The minimum Gasteiger partial charge on any atom is -0.497 e. The number of thiophene rings is 1. The van der Waals surface area contributed by atoms with Crippen LogP contribution in [-0.4, -0.2) is 56.2 Å². The van der Waals surface area contributed by atoms with E-state index < -0.39 is 0 Å². The second-order valence-electron chi connectivity index (χ2n) is 9.63. The average molecular weight is 551 g/mol. The predicted octanol–water partition coefficient (Wildman–Crippen LogP) is 6.19. The number of ether oxygens (including phenoxy) is 2. The molecule has 0 aliphatic carbocycles. The number of pyridine rings is 1. The fourth-order valence-electron chi connectivity index (χ4n) is 5.22. The topological polar surface area (TPSA) is 80.9 Å². The van der Waals surface area contributed by atoms with Crippen LogP contribution in [-0.2, 0) is 0 Å². The highest BCUT2D eigenvalue weighted by Gasteiger charge is 2.28. The van der Waals surface area contributed by atoms with Gasteiger partial charge in [-0.25, -0.2) is 4.98 Å². The number of piperazine rings is 1. The van der Waals surface area contributed by atoms with Crippen molar-refractivity contribution in [3.8, 4) is 33.9 Å². The van der Waals surface area contributed by atoms with Crippen LogP contribution in [0.15, 0.2) is 84.9 Å². The van der Waals surface area contributed by atoms with E-state index in [-0.39, 0.29) is 5.91 Å². The standard InChI is InChI=1S/C32H30N4O3S/c1-38-23-13-14-27(39-2)24(19-23)25-20-26(21-9-5-3-6-10-21)34-31-28(25)29(33)30(40-31)32(37)36-17-15-35(16-18-36)22-11-7-4-8-12-22/h3-14,19-20H,15-18,33H2,1-2H3. The number of aromatic nitrogens is 1. The Morgan fingerprint density at radius 3 is 2.23 bits per heavy atom. The molecule has 1 fully saturated rings. The average Bonchev–Trinajstić information content (AvgIpc) is 3.36. The Morgan fingerprint density at radius 2 is 1.55 bits per heavy atom. The molecule has 0 bridgehead atoms. The van der Waals surface area contributed by atoms with E-state index in [4.69, 9.17) is 20.2 Å². The maximum absolute atomic E-state index is 13.8. The number of benzene rings is 3. The highest BCUT2D eigenvalue weighted by atomic mass is 32.1. The molecular weight excluding hydrogens is 520 g/mol. The monoisotopic (exact) mass is 550 g/mol. The molecule has 2 aromatic heterocycles. The van der Waals surface area contributed by atoms with Crippen LogP contribution in [0.2, 0.25) is 0 Å². The molecule has 0 atom stereocenters. The first-order chi connectivity index (χ1) is 19.6. The number of nitrogens with two attached hydrogens (primary N) is 1. The summed E-state index contributed by atoms with van der Waals surface area (Å²) in [5.41, 5.74) is 11.9. The molecule has 0 unspecified atom stereocenters. The number of anilines is 2. The summed E-state index contributed by atoms with van der Waals surface area (Å²) >= 11 is 1.35. The number of amides is 1. The molecule has 0 radical (unpaired) electrons. The number of carbonyl (C=O) groups excluding carboxylic acids is 1. The summed E-state index contributed by atoms with van der Waals surface area (Å²) in [5.74, 6) is 1.32. The zero-order chi connectivity index (χ0) is 27.6. The van der Waals surface area contributed by atoms with Crippen molar-refractivity contribution in [2.75, 3.05) is 51.0 Å². The van der Waals surface area contributed by atoms with Gasteiger partial charge in [0.25, 0.3) is 5.91 Å². The van der Waals surface area contributed by atoms with E-state index in [1.165, 1.54) is 17.0 Å². The predicted molar refractivity (Wildman–Crippen MR) is 163 cm³/mol. The fourth-order valence-corrected chi connectivity index (χ4v) is 6.31. The summed E-state index contributed by atoms with van der Waals surface area (Å²) in [6.45, 7) is 2.79. The Kier molecular flexibility index (Phi) is 7.00. The lowest BCUT2D eigenvalue weighted by Crippen LogP contribution is -2.48. The molecule has 1 aliphatic rings. The van der Waals surface area contributed by atoms with Crippen LogP contribution < -0.4 is 20.1 Å². The van der Waals surface area contributed by atoms with Crippen LogP contribution in [0.4, 0.5) is 11.4 Å². The first-order valence-electron chi connectivity index (χ1n) is 13.2. The number of nitrogen functional groups attached to an aromatic ring is 1. The van der Waals surface area contributed by atoms with E-state index in [0.717, 1.165) is 40.9 Å². The van der Waals surface area contributed by atoms with Gasteiger partial charge in [0.15, 0.2) is 0 Å². The smallest absolute Gasteiger partial charge is 0.266 e. The Balaban J connectivity index is 1.43. The van der Waals surface area contributed by atoms with Gasteiger partial charge < -0.3 is 25.0 Å². The number of para-hydroxylation sites is 1. The van der Waals surface area contributed by atoms with Crippen LogP contribution in [0.25, 0.3) is 32.6 Å². The number of methoxy groups -OCH3 is 2. The Bertz CT molecular complexity index is 1660. The van der Waals surface area contributed by atoms with Gasteiger partial charge >= 0.3 is 0 Å². The van der Waals surface area contributed by atoms with Crippen LogP contribution >= 0.6 is 11.3 Å². The van der Waals surface area contributed by atoms with Crippen LogP contribution in [0.5, 0.6) is 11.5 Å². The third-order valence-corrected chi connectivity index (χ3v) is 8.44. The number of hydrogen-bond donors (Lipinski definition) is 1. The Hall–Kier alpha value is -4.56. The second-order valence-corrected chi connectivity index (χ2v) is 10.6. The minimum atomic E-state index is -0.0574. The molecule has 40 heavy (non-hydrogen) atoms. The van der Waals surface area contributed by atoms with Gasteiger partial charge in [0.05, 0.1) is 25.6 Å². The summed E-state index contributed by atoms with van der Waals surface area (Å²) < 4.78 is 11.3. The highest BCUT2D eigenvalue weighted by molar-refractivity contribution is 7.21. The number of carbonyl (C=O) groups is 1. The van der Waals surface area contributed by atoms with Gasteiger partial charge in [-0.3, -0.25) is 4.79 Å². The van der Waals surface area contributed by atoms with Crippen LogP contribution in [0.1, 0.15) is 9.67 Å². The van der Waals surface area contributed by atoms with Crippen molar-refractivity contribution in [2.24, 2.45) is 0 Å². The Morgan fingerprint density at radius 1 is 0.850 bits per heavy atom. The number of fused-ring (bicyclic) bond motifs is 1. The molecule has 7 nitrogen and oxygen atoms in total. The maximum Gasteiger partial charge on any atom is 0.266 e. The van der Waals surface area contributed by atoms with E-state index in [2.05, 4.69) is 17.0 Å². The first kappa shape index (κ1) is 25.7. The summed E-state index contributed by atoms with van der Waals surface area (Å²) in [4.78, 5) is 24.2. The van der Waals surface area contributed by atoms with Gasteiger partial charge in [0, 0.05) is 53.9 Å². The lowest BCUT2D eigenvalue weighted by atomic mass is 9.98. The molecule has 5 aromatic rings. The van der Waals surface area contributed by atoms with E-state index in [1.807, 2.05) is 77.7 Å². The van der Waals surface area contributed by atoms with Gasteiger partial charge in [0.2, 0.25) is 0 Å². The van der Waals surface area contributed by atoms with Crippen molar-refractivity contribution < 1.29 is 14.3 Å². The van der Waals surface area contributed by atoms with E-state index in [0.29, 0.717) is 40.0 Å². The van der Waals surface area contributed by atoms with Crippen molar-refractivity contribution in [2.45, 2.75) is 0 Å². The van der Waals surface area contributed by atoms with Crippen molar-refractivity contribution in [3.63, 3.8) is 0 Å². The van der Waals surface area contributed by atoms with E-state index in [1.54, 1.807) is 14.2 Å². The van der Waals surface area contributed by atoms with Crippen LogP contribution in [0, 0.1) is 0 Å². The van der Waals surface area contributed by atoms with Crippen molar-refractivity contribution in [3.05, 3.63) is 89.8 Å². The molecule has 8 heteroatoms. The van der Waals surface area contributed by atoms with Gasteiger partial charge in [0.1, 0.15) is 21.2 Å². The molecular formula is C32H30N4O3S. The lowest BCUT2D eigenvalue weighted by Gasteiger charge is -2.36. The van der Waals surface area contributed by atoms with Crippen LogP contribution in [0.3, 0.4) is 0 Å². The molecule has 3 heterocycles. The fraction of sp³-hybridized carbons (Fsp3) is 0.188. The first-order valence-corrected chi connectivity index (χ1v) is 14.0. The summed E-state index contributed by atoms with van der Waals surface area (Å²) in [6.07, 6.45) is 0. The number of nitrogens with zero attached hydrogens (tertiary/aromatic N) is 3. The van der Waals surface area contributed by atoms with Gasteiger partial charge in [-0.15, -0.1) is 11.3 Å². The van der Waals surface area contributed by atoms with Crippen molar-refractivity contribution >= 4 is 38.8 Å². The highest BCUT2D eigenvalue weighted by Crippen LogP contribution is 2.45. The third-order valence-electron chi connectivity index (χ3n) is 7.35. The molecule has 1 amide bonds. The zero-order valence-corrected chi connectivity index (χ0v) is 23.3. The van der Waals surface area contributed by atoms with E-state index >= 15 is 0 Å². The SMILES string of the molecule is COc1ccc(OC)c(-c2cc(-c3ccccc3)nc3sc(C(=O)N4CCN(c5ccccc5)CC4)c(N)c23)c1.